The van der Waals surface area contributed by atoms with Crippen molar-refractivity contribution in [3.63, 3.8) is 0 Å². The fraction of sp³-hybridized carbons (Fsp3) is 0.619. The van der Waals surface area contributed by atoms with Crippen LogP contribution in [0.15, 0.2) is 78.9 Å². The molecule has 3 aromatic rings. The molecule has 1 saturated heterocycles. The van der Waals surface area contributed by atoms with Crippen molar-refractivity contribution in [2.45, 2.75) is 206 Å². The van der Waals surface area contributed by atoms with Gasteiger partial charge in [-0.1, -0.05) is 125 Å². The number of esters is 3. The van der Waals surface area contributed by atoms with Gasteiger partial charge in [0.1, 0.15) is 42.0 Å². The second-order valence-electron chi connectivity index (χ2n) is 21.3. The summed E-state index contributed by atoms with van der Waals surface area (Å²) >= 11 is 0. The number of benzene rings is 3. The standard InChI is InChI=1S/C63H93N4O15P.H2S/c1-45(2)67(46(3)4)83(78-41-27-39-64)82-56(43-77-63(51-28-23-22-24-29-51,52-31-35-54(73-9)36-32-52)53-33-37-55(74-10)38-34-53)42-65-58(72)30-25-20-18-16-14-12-11-13-15-17-19-21-26-40-75-62-59(66-47(5)68)61(80-50(8)71)60(79-49(7)70)57(81-62)44-76-48(6)69;/h22-24,28-29,31-38,45-46,56-57,59-62H,11-21,25-27,30,40-44H2,1-10H3,(H,65,72)(H,66,68);1H2/t56-,57?,59?,60?,61?,62?,83?;/m0./s1. The topological polar surface area (TPSA) is 229 Å². The highest BCUT2D eigenvalue weighted by molar-refractivity contribution is 7.59. The maximum atomic E-state index is 13.6. The number of nitrogens with one attached hydrogen (secondary N) is 2. The number of hydrogen-bond acceptors (Lipinski definition) is 17. The molecule has 3 aromatic carbocycles. The first-order valence-electron chi connectivity index (χ1n) is 29.5. The van der Waals surface area contributed by atoms with Crippen LogP contribution in [0, 0.1) is 11.3 Å². The molecule has 1 aliphatic heterocycles. The van der Waals surface area contributed by atoms with Crippen LogP contribution in [-0.4, -0.2) is 130 Å². The Labute approximate surface area is 507 Å². The molecule has 1 aliphatic rings. The molecule has 2 amide bonds. The Morgan fingerprint density at radius 3 is 1.64 bits per heavy atom. The molecule has 6 unspecified atom stereocenters. The second-order valence-corrected chi connectivity index (χ2v) is 22.7. The van der Waals surface area contributed by atoms with Gasteiger partial charge in [0.15, 0.2) is 18.5 Å². The smallest absolute Gasteiger partial charge is 0.303 e. The fourth-order valence-electron chi connectivity index (χ4n) is 10.1. The van der Waals surface area contributed by atoms with Crippen LogP contribution in [-0.2, 0) is 67.0 Å². The van der Waals surface area contributed by atoms with Gasteiger partial charge in [-0.15, -0.1) is 0 Å². The number of unbranched alkanes of at least 4 members (excludes halogenated alkanes) is 12. The molecule has 0 aliphatic carbocycles. The first kappa shape index (κ1) is 72.9. The summed E-state index contributed by atoms with van der Waals surface area (Å²) < 4.78 is 62.2. The zero-order valence-electron chi connectivity index (χ0n) is 51.2. The van der Waals surface area contributed by atoms with Gasteiger partial charge in [-0.3, -0.25) is 24.0 Å². The minimum absolute atomic E-state index is 0. The van der Waals surface area contributed by atoms with E-state index in [0.29, 0.717) is 24.5 Å². The van der Waals surface area contributed by atoms with Crippen LogP contribution in [0.25, 0.3) is 0 Å². The van der Waals surface area contributed by atoms with Gasteiger partial charge in [0.05, 0.1) is 39.9 Å². The third-order valence-corrected chi connectivity index (χ3v) is 16.2. The van der Waals surface area contributed by atoms with E-state index in [2.05, 4.69) is 49.1 Å². The summed E-state index contributed by atoms with van der Waals surface area (Å²) in [5.41, 5.74) is 1.51. The molecule has 21 heteroatoms. The average molecular weight is 1210 g/mol. The molecule has 0 spiro atoms. The molecule has 0 saturated carbocycles. The SMILES string of the molecule is COc1ccc(C(OC[C@H](CNC(=O)CCCCCCCCCCCCCCCOC2OC(COC(C)=O)C(OC(C)=O)C(OC(C)=O)C2NC(C)=O)OP(OCCC#N)N(C(C)C)C(C)C)(c2ccccc2)c2ccc(OC)cc2)cc1.S. The zero-order valence-corrected chi connectivity index (χ0v) is 53.1. The van der Waals surface area contributed by atoms with Crippen molar-refractivity contribution in [3.8, 4) is 17.6 Å². The number of rotatable bonds is 40. The van der Waals surface area contributed by atoms with Gasteiger partial charge >= 0.3 is 17.9 Å². The van der Waals surface area contributed by atoms with Gasteiger partial charge in [-0.25, -0.2) is 4.67 Å². The van der Waals surface area contributed by atoms with Crippen molar-refractivity contribution in [2.24, 2.45) is 0 Å². The molecule has 7 atom stereocenters. The van der Waals surface area contributed by atoms with Crippen LogP contribution in [0.3, 0.4) is 0 Å². The van der Waals surface area contributed by atoms with Crippen molar-refractivity contribution in [3.05, 3.63) is 95.6 Å². The summed E-state index contributed by atoms with van der Waals surface area (Å²) in [5, 5.41) is 15.3. The molecule has 2 N–H and O–H groups in total. The van der Waals surface area contributed by atoms with E-state index in [4.69, 9.17) is 46.9 Å². The maximum absolute atomic E-state index is 13.6. The van der Waals surface area contributed by atoms with Gasteiger partial charge in [-0.05, 0) is 81.5 Å². The van der Waals surface area contributed by atoms with E-state index < -0.39 is 74.7 Å². The van der Waals surface area contributed by atoms with Gasteiger partial charge in [0.2, 0.25) is 11.8 Å². The third-order valence-electron chi connectivity index (χ3n) is 14.0. The summed E-state index contributed by atoms with van der Waals surface area (Å²) in [7, 11) is 1.60. The third kappa shape index (κ3) is 24.9. The van der Waals surface area contributed by atoms with Crippen LogP contribution in [0.2, 0.25) is 0 Å². The van der Waals surface area contributed by atoms with E-state index >= 15 is 0 Å². The van der Waals surface area contributed by atoms with Crippen LogP contribution < -0.4 is 20.1 Å². The number of amides is 2. The Hall–Kier alpha value is -5.36. The van der Waals surface area contributed by atoms with Gasteiger partial charge in [-0.2, -0.15) is 18.8 Å². The predicted octanol–water partition coefficient (Wildman–Crippen LogP) is 11.0. The molecule has 468 valence electrons. The highest BCUT2D eigenvalue weighted by Crippen LogP contribution is 2.48. The van der Waals surface area contributed by atoms with E-state index in [1.807, 2.05) is 78.9 Å². The summed E-state index contributed by atoms with van der Waals surface area (Å²) in [5.74, 6) is -0.966. The Kier molecular flexibility index (Phi) is 34.8. The number of carbonyl (C=O) groups is 5. The zero-order chi connectivity index (χ0) is 60.6. The van der Waals surface area contributed by atoms with Crippen molar-refractivity contribution in [1.82, 2.24) is 15.3 Å². The van der Waals surface area contributed by atoms with E-state index in [1.165, 1.54) is 34.1 Å². The monoisotopic (exact) mass is 1210 g/mol. The molecular weight excluding hydrogens is 1120 g/mol. The lowest BCUT2D eigenvalue weighted by Gasteiger charge is -2.44. The molecule has 4 rings (SSSR count). The Balaban J connectivity index is 0.0000185. The molecule has 0 radical (unpaired) electrons. The molecule has 1 heterocycles. The second kappa shape index (κ2) is 40.1. The molecule has 19 nitrogen and oxygen atoms in total. The lowest BCUT2D eigenvalue weighted by Crippen LogP contribution is -2.66. The summed E-state index contributed by atoms with van der Waals surface area (Å²) in [6, 6.07) is 27.1. The predicted molar refractivity (Wildman–Crippen MR) is 326 cm³/mol. The van der Waals surface area contributed by atoms with Crippen LogP contribution in [0.5, 0.6) is 11.5 Å². The number of nitriles is 1. The quantitative estimate of drug-likeness (QED) is 0.0177. The van der Waals surface area contributed by atoms with Gasteiger partial charge < -0.3 is 57.6 Å². The highest BCUT2D eigenvalue weighted by Gasteiger charge is 2.51. The van der Waals surface area contributed by atoms with E-state index in [-0.39, 0.29) is 64.3 Å². The van der Waals surface area contributed by atoms with Crippen molar-refractivity contribution in [2.75, 3.05) is 47.2 Å². The lowest BCUT2D eigenvalue weighted by molar-refractivity contribution is -0.277. The van der Waals surface area contributed by atoms with E-state index in [1.54, 1.807) is 14.2 Å². The fourth-order valence-corrected chi connectivity index (χ4v) is 11.8. The summed E-state index contributed by atoms with van der Waals surface area (Å²) in [4.78, 5) is 61.6. The van der Waals surface area contributed by atoms with Crippen molar-refractivity contribution < 1.29 is 70.9 Å². The Bertz CT molecular complexity index is 2360. The average Bonchev–Trinajstić information content (AvgIpc) is 1.19. The number of nitrogens with zero attached hydrogens (tertiary/aromatic N) is 2. The lowest BCUT2D eigenvalue weighted by atomic mass is 9.80. The van der Waals surface area contributed by atoms with Crippen LogP contribution in [0.1, 0.15) is 168 Å². The number of methoxy groups -OCH3 is 2. The van der Waals surface area contributed by atoms with E-state index in [0.717, 1.165) is 93.7 Å². The van der Waals surface area contributed by atoms with Gasteiger partial charge in [0.25, 0.3) is 8.53 Å². The normalized spacial score (nSPS) is 17.5. The number of ether oxygens (including phenoxy) is 8. The van der Waals surface area contributed by atoms with Crippen LogP contribution in [0.4, 0.5) is 0 Å². The largest absolute Gasteiger partial charge is 0.497 e. The Morgan fingerprint density at radius 2 is 1.17 bits per heavy atom. The molecular formula is C63H95N4O15PS. The van der Waals surface area contributed by atoms with Crippen LogP contribution >= 0.6 is 22.0 Å². The maximum Gasteiger partial charge on any atom is 0.303 e. The Morgan fingerprint density at radius 1 is 0.667 bits per heavy atom. The molecule has 84 heavy (non-hydrogen) atoms. The molecule has 1 fully saturated rings. The first-order valence-corrected chi connectivity index (χ1v) is 30.6. The number of carbonyl (C=O) groups excluding carboxylic acids is 5. The van der Waals surface area contributed by atoms with Gasteiger partial charge in [0, 0.05) is 59.4 Å². The minimum atomic E-state index is -1.68. The minimum Gasteiger partial charge on any atom is -0.497 e. The molecule has 0 bridgehead atoms. The summed E-state index contributed by atoms with van der Waals surface area (Å²) in [6.07, 6.45) is 8.98. The van der Waals surface area contributed by atoms with Crippen molar-refractivity contribution >= 4 is 51.7 Å². The number of hydrogen-bond donors (Lipinski definition) is 2. The molecule has 0 aromatic heterocycles. The van der Waals surface area contributed by atoms with Crippen molar-refractivity contribution in [1.29, 1.82) is 5.26 Å². The summed E-state index contributed by atoms with van der Waals surface area (Å²) in [6.45, 7) is 13.8. The first-order chi connectivity index (χ1) is 39.9. The van der Waals surface area contributed by atoms with E-state index in [9.17, 15) is 29.2 Å². The highest BCUT2D eigenvalue weighted by atomic mass is 32.1.